The van der Waals surface area contributed by atoms with Crippen molar-refractivity contribution in [1.29, 1.82) is 0 Å². The summed E-state index contributed by atoms with van der Waals surface area (Å²) in [6, 6.07) is 8.11. The molecule has 2 rings (SSSR count). The van der Waals surface area contributed by atoms with Crippen molar-refractivity contribution in [3.8, 4) is 0 Å². The fourth-order valence-corrected chi connectivity index (χ4v) is 2.80. The molecule has 0 aliphatic rings. The lowest BCUT2D eigenvalue weighted by atomic mass is 10.0. The zero-order valence-electron chi connectivity index (χ0n) is 9.81. The lowest BCUT2D eigenvalue weighted by Gasteiger charge is -2.08. The van der Waals surface area contributed by atoms with Crippen LogP contribution in [0.15, 0.2) is 34.8 Å². The average Bonchev–Trinajstić information content (AvgIpc) is 2.36. The van der Waals surface area contributed by atoms with Crippen molar-refractivity contribution in [1.82, 2.24) is 0 Å². The highest BCUT2D eigenvalue weighted by atomic mass is 127. The molecule has 0 bridgehead atoms. The van der Waals surface area contributed by atoms with Crippen molar-refractivity contribution in [2.45, 2.75) is 6.92 Å². The van der Waals surface area contributed by atoms with Crippen LogP contribution in [0.25, 0.3) is 0 Å². The molecule has 1 nitrogen and oxygen atoms in total. The summed E-state index contributed by atoms with van der Waals surface area (Å²) in [5, 5.41) is 0.124. The van der Waals surface area contributed by atoms with E-state index in [-0.39, 0.29) is 10.8 Å². The van der Waals surface area contributed by atoms with E-state index in [2.05, 4.69) is 38.5 Å². The van der Waals surface area contributed by atoms with Gasteiger partial charge >= 0.3 is 0 Å². The van der Waals surface area contributed by atoms with Crippen molar-refractivity contribution < 1.29 is 9.18 Å². The molecule has 2 aromatic carbocycles. The molecule has 0 fully saturated rings. The molecule has 0 saturated carbocycles. The van der Waals surface area contributed by atoms with E-state index in [0.29, 0.717) is 21.2 Å². The van der Waals surface area contributed by atoms with E-state index >= 15 is 0 Å². The summed E-state index contributed by atoms with van der Waals surface area (Å²) in [4.78, 5) is 12.5. The summed E-state index contributed by atoms with van der Waals surface area (Å²) in [5.41, 5.74) is 1.22. The number of carbonyl (C=O) groups is 1. The van der Waals surface area contributed by atoms with Crippen molar-refractivity contribution in [2.75, 3.05) is 0 Å². The van der Waals surface area contributed by atoms with Gasteiger partial charge in [0.05, 0.1) is 5.02 Å². The summed E-state index contributed by atoms with van der Waals surface area (Å²) in [5.74, 6) is -0.637. The average molecular weight is 453 g/mol. The molecule has 0 N–H and O–H groups in total. The van der Waals surface area contributed by atoms with Gasteiger partial charge in [-0.05, 0) is 65.4 Å². The topological polar surface area (TPSA) is 17.1 Å². The number of benzene rings is 2. The smallest absolute Gasteiger partial charge is 0.195 e. The van der Waals surface area contributed by atoms with E-state index < -0.39 is 5.82 Å². The highest BCUT2D eigenvalue weighted by Gasteiger charge is 2.17. The first-order valence-corrected chi connectivity index (χ1v) is 7.60. The van der Waals surface area contributed by atoms with E-state index in [9.17, 15) is 9.18 Å². The fourth-order valence-electron chi connectivity index (χ4n) is 1.65. The maximum Gasteiger partial charge on any atom is 0.195 e. The Labute approximate surface area is 137 Å². The maximum atomic E-state index is 13.4. The predicted molar refractivity (Wildman–Crippen MR) is 86.4 cm³/mol. The largest absolute Gasteiger partial charge is 0.289 e. The van der Waals surface area contributed by atoms with Gasteiger partial charge in [0.1, 0.15) is 5.82 Å². The predicted octanol–water partition coefficient (Wildman–Crippen LogP) is 5.39. The van der Waals surface area contributed by atoms with Gasteiger partial charge < -0.3 is 0 Å². The standard InChI is InChI=1S/C14H8BrClFIO/c1-7-4-10(12(16)6-13(7)17)14(19)9-5-8(18)2-3-11(9)15/h2-6H,1H3. The summed E-state index contributed by atoms with van der Waals surface area (Å²) in [7, 11) is 0. The van der Waals surface area contributed by atoms with E-state index in [1.165, 1.54) is 12.1 Å². The quantitative estimate of drug-likeness (QED) is 0.441. The van der Waals surface area contributed by atoms with E-state index in [1.807, 2.05) is 6.07 Å². The summed E-state index contributed by atoms with van der Waals surface area (Å²) in [6.07, 6.45) is 0. The van der Waals surface area contributed by atoms with Gasteiger partial charge in [-0.1, -0.05) is 27.5 Å². The molecule has 0 aliphatic carbocycles. The molecule has 0 aromatic heterocycles. The third-order valence-electron chi connectivity index (χ3n) is 2.67. The molecule has 0 aliphatic heterocycles. The number of halogens is 4. The summed E-state index contributed by atoms with van der Waals surface area (Å²) >= 11 is 11.4. The minimum Gasteiger partial charge on any atom is -0.289 e. The van der Waals surface area contributed by atoms with Crippen LogP contribution >= 0.6 is 50.1 Å². The van der Waals surface area contributed by atoms with E-state index in [4.69, 9.17) is 11.6 Å². The van der Waals surface area contributed by atoms with Crippen molar-refractivity contribution in [3.63, 3.8) is 0 Å². The van der Waals surface area contributed by atoms with Crippen LogP contribution in [-0.4, -0.2) is 5.78 Å². The Morgan fingerprint density at radius 2 is 1.95 bits per heavy atom. The second kappa shape index (κ2) is 5.89. The first kappa shape index (κ1) is 14.9. The third-order valence-corrected chi connectivity index (χ3v) is 4.34. The second-order valence-corrected chi connectivity index (χ2v) is 6.54. The molecule has 0 saturated heterocycles. The Balaban J connectivity index is 2.56. The Morgan fingerprint density at radius 3 is 2.63 bits per heavy atom. The molecule has 0 radical (unpaired) electrons. The molecule has 0 spiro atoms. The van der Waals surface area contributed by atoms with E-state index in [1.54, 1.807) is 19.1 Å². The lowest BCUT2D eigenvalue weighted by molar-refractivity contribution is 0.103. The highest BCUT2D eigenvalue weighted by molar-refractivity contribution is 14.1. The Bertz CT molecular complexity index is 673. The van der Waals surface area contributed by atoms with Gasteiger partial charge in [-0.15, -0.1) is 0 Å². The molecule has 0 amide bonds. The number of rotatable bonds is 2. The van der Waals surface area contributed by atoms with Crippen LogP contribution in [0.4, 0.5) is 4.39 Å². The Hall–Kier alpha value is -0.460. The van der Waals surface area contributed by atoms with Crippen LogP contribution in [0.2, 0.25) is 5.02 Å². The molecule has 0 heterocycles. The molecule has 98 valence electrons. The number of hydrogen-bond acceptors (Lipinski definition) is 1. The van der Waals surface area contributed by atoms with Gasteiger partial charge in [0.2, 0.25) is 0 Å². The van der Waals surface area contributed by atoms with E-state index in [0.717, 1.165) is 3.57 Å². The van der Waals surface area contributed by atoms with Gasteiger partial charge in [-0.2, -0.15) is 0 Å². The first-order valence-electron chi connectivity index (χ1n) is 5.35. The Morgan fingerprint density at radius 1 is 1.26 bits per heavy atom. The molecule has 5 heteroatoms. The minimum atomic E-state index is -0.414. The fraction of sp³-hybridized carbons (Fsp3) is 0.0714. The van der Waals surface area contributed by atoms with Crippen LogP contribution in [0.1, 0.15) is 21.5 Å². The zero-order valence-corrected chi connectivity index (χ0v) is 14.3. The number of carbonyl (C=O) groups excluding carboxylic acids is 1. The van der Waals surface area contributed by atoms with Crippen LogP contribution in [-0.2, 0) is 0 Å². The Kier molecular flexibility index (Phi) is 4.63. The molecule has 2 aromatic rings. The molecular formula is C14H8BrClFIO. The maximum absolute atomic E-state index is 13.4. The summed E-state index contributed by atoms with van der Waals surface area (Å²) in [6.45, 7) is 1.60. The minimum absolute atomic E-state index is 0.124. The molecule has 19 heavy (non-hydrogen) atoms. The van der Waals surface area contributed by atoms with Crippen molar-refractivity contribution in [3.05, 3.63) is 65.9 Å². The number of ketones is 1. The third kappa shape index (κ3) is 3.17. The highest BCUT2D eigenvalue weighted by Crippen LogP contribution is 2.27. The molecule has 0 atom stereocenters. The van der Waals surface area contributed by atoms with Crippen LogP contribution in [0, 0.1) is 16.3 Å². The number of aryl methyl sites for hydroxylation is 1. The van der Waals surface area contributed by atoms with Crippen molar-refractivity contribution >= 4 is 55.9 Å². The molecule has 0 unspecified atom stereocenters. The van der Waals surface area contributed by atoms with Gasteiger partial charge in [-0.25, -0.2) is 4.39 Å². The number of hydrogen-bond donors (Lipinski definition) is 0. The molecular weight excluding hydrogens is 445 g/mol. The zero-order chi connectivity index (χ0) is 14.2. The van der Waals surface area contributed by atoms with Gasteiger partial charge in [0.25, 0.3) is 0 Å². The SMILES string of the molecule is Cc1cc(C(=O)c2cc(I)ccc2Br)c(Cl)cc1F. The summed E-state index contributed by atoms with van der Waals surface area (Å²) < 4.78 is 15.0. The lowest BCUT2D eigenvalue weighted by Crippen LogP contribution is -2.05. The van der Waals surface area contributed by atoms with Crippen molar-refractivity contribution in [2.24, 2.45) is 0 Å². The van der Waals surface area contributed by atoms with Crippen LogP contribution in [0.3, 0.4) is 0 Å². The van der Waals surface area contributed by atoms with Crippen LogP contribution in [0.5, 0.6) is 0 Å². The first-order chi connectivity index (χ1) is 8.90. The van der Waals surface area contributed by atoms with Gasteiger partial charge in [-0.3, -0.25) is 4.79 Å². The van der Waals surface area contributed by atoms with Gasteiger partial charge in [0.15, 0.2) is 5.78 Å². The van der Waals surface area contributed by atoms with Gasteiger partial charge in [0, 0.05) is 19.2 Å². The normalized spacial score (nSPS) is 10.6. The second-order valence-electron chi connectivity index (χ2n) is 4.03. The van der Waals surface area contributed by atoms with Crippen LogP contribution < -0.4 is 0 Å². The monoisotopic (exact) mass is 452 g/mol.